The zero-order valence-corrected chi connectivity index (χ0v) is 14.0. The summed E-state index contributed by atoms with van der Waals surface area (Å²) in [6.07, 6.45) is 0. The van der Waals surface area contributed by atoms with Gasteiger partial charge in [0.2, 0.25) is 0 Å². The molecule has 0 spiro atoms. The standard InChI is InChI=1S/C14H15BrN2O3S/c1-9-3-6-14(11(15)7-9)21(18,19)17-10-4-5-12(16)13(8-10)20-2/h3-8,17H,16H2,1-2H3. The molecule has 21 heavy (non-hydrogen) atoms. The summed E-state index contributed by atoms with van der Waals surface area (Å²) >= 11 is 3.27. The summed E-state index contributed by atoms with van der Waals surface area (Å²) in [5.74, 6) is 0.415. The summed E-state index contributed by atoms with van der Waals surface area (Å²) in [6.45, 7) is 1.89. The van der Waals surface area contributed by atoms with Gasteiger partial charge in [-0.2, -0.15) is 0 Å². The lowest BCUT2D eigenvalue weighted by atomic mass is 10.2. The minimum Gasteiger partial charge on any atom is -0.495 e. The highest BCUT2D eigenvalue weighted by Crippen LogP contribution is 2.29. The van der Waals surface area contributed by atoms with Crippen LogP contribution in [-0.4, -0.2) is 15.5 Å². The van der Waals surface area contributed by atoms with Crippen LogP contribution in [0.25, 0.3) is 0 Å². The maximum absolute atomic E-state index is 12.4. The van der Waals surface area contributed by atoms with Crippen molar-refractivity contribution < 1.29 is 13.2 Å². The van der Waals surface area contributed by atoms with Crippen molar-refractivity contribution in [3.8, 4) is 5.75 Å². The number of rotatable bonds is 4. The molecule has 0 bridgehead atoms. The van der Waals surface area contributed by atoms with Crippen molar-refractivity contribution in [3.05, 3.63) is 46.4 Å². The molecule has 0 fully saturated rings. The number of hydrogen-bond acceptors (Lipinski definition) is 4. The van der Waals surface area contributed by atoms with E-state index < -0.39 is 10.0 Å². The van der Waals surface area contributed by atoms with Crippen LogP contribution < -0.4 is 15.2 Å². The Balaban J connectivity index is 2.37. The molecular weight excluding hydrogens is 356 g/mol. The molecule has 0 heterocycles. The van der Waals surface area contributed by atoms with Gasteiger partial charge >= 0.3 is 0 Å². The van der Waals surface area contributed by atoms with Gasteiger partial charge in [-0.3, -0.25) is 4.72 Å². The van der Waals surface area contributed by atoms with Gasteiger partial charge in [0, 0.05) is 10.5 Å². The molecule has 0 aliphatic rings. The third-order valence-electron chi connectivity index (χ3n) is 2.86. The molecule has 0 aromatic heterocycles. The Labute approximate surface area is 132 Å². The summed E-state index contributed by atoms with van der Waals surface area (Å²) in [4.78, 5) is 0.170. The number of hydrogen-bond donors (Lipinski definition) is 2. The van der Waals surface area contributed by atoms with Gasteiger partial charge in [0.25, 0.3) is 10.0 Å². The molecule has 0 aliphatic heterocycles. The Kier molecular flexibility index (Phi) is 4.43. The van der Waals surface area contributed by atoms with E-state index >= 15 is 0 Å². The number of nitrogen functional groups attached to an aromatic ring is 1. The number of ether oxygens (including phenoxy) is 1. The van der Waals surface area contributed by atoms with Gasteiger partial charge in [0.05, 0.1) is 18.5 Å². The highest BCUT2D eigenvalue weighted by Gasteiger charge is 2.18. The summed E-state index contributed by atoms with van der Waals surface area (Å²) in [5.41, 5.74) is 7.50. The smallest absolute Gasteiger partial charge is 0.263 e. The lowest BCUT2D eigenvalue weighted by Gasteiger charge is -2.12. The predicted octanol–water partition coefficient (Wildman–Crippen LogP) is 3.15. The third-order valence-corrected chi connectivity index (χ3v) is 5.22. The lowest BCUT2D eigenvalue weighted by molar-refractivity contribution is 0.417. The van der Waals surface area contributed by atoms with Gasteiger partial charge in [0.1, 0.15) is 10.6 Å². The molecule has 0 saturated carbocycles. The SMILES string of the molecule is COc1cc(NS(=O)(=O)c2ccc(C)cc2Br)ccc1N. The Morgan fingerprint density at radius 2 is 1.90 bits per heavy atom. The van der Waals surface area contributed by atoms with E-state index in [1.807, 2.05) is 6.92 Å². The van der Waals surface area contributed by atoms with Crippen molar-refractivity contribution in [1.82, 2.24) is 0 Å². The van der Waals surface area contributed by atoms with Crippen LogP contribution >= 0.6 is 15.9 Å². The molecule has 5 nitrogen and oxygen atoms in total. The number of halogens is 1. The maximum atomic E-state index is 12.4. The number of benzene rings is 2. The zero-order chi connectivity index (χ0) is 15.6. The summed E-state index contributed by atoms with van der Waals surface area (Å²) < 4.78 is 32.9. The number of aryl methyl sites for hydroxylation is 1. The first-order chi connectivity index (χ1) is 9.83. The van der Waals surface area contributed by atoms with Crippen LogP contribution in [0.15, 0.2) is 45.8 Å². The van der Waals surface area contributed by atoms with Crippen LogP contribution in [0.5, 0.6) is 5.75 Å². The average molecular weight is 371 g/mol. The van der Waals surface area contributed by atoms with Crippen molar-refractivity contribution in [2.75, 3.05) is 17.6 Å². The van der Waals surface area contributed by atoms with E-state index in [0.29, 0.717) is 21.6 Å². The first-order valence-corrected chi connectivity index (χ1v) is 8.33. The molecular formula is C14H15BrN2O3S. The maximum Gasteiger partial charge on any atom is 0.263 e. The summed E-state index contributed by atoms with van der Waals surface area (Å²) in [5, 5.41) is 0. The molecule has 0 unspecified atom stereocenters. The quantitative estimate of drug-likeness (QED) is 0.809. The molecule has 0 saturated heterocycles. The molecule has 0 aliphatic carbocycles. The van der Waals surface area contributed by atoms with Gasteiger partial charge in [-0.15, -0.1) is 0 Å². The Morgan fingerprint density at radius 3 is 2.52 bits per heavy atom. The van der Waals surface area contributed by atoms with Crippen molar-refractivity contribution >= 4 is 37.3 Å². The van der Waals surface area contributed by atoms with E-state index in [1.165, 1.54) is 13.2 Å². The fraction of sp³-hybridized carbons (Fsp3) is 0.143. The zero-order valence-electron chi connectivity index (χ0n) is 11.6. The number of anilines is 2. The second-order valence-electron chi connectivity index (χ2n) is 4.50. The topological polar surface area (TPSA) is 81.4 Å². The van der Waals surface area contributed by atoms with E-state index in [9.17, 15) is 8.42 Å². The van der Waals surface area contributed by atoms with E-state index in [1.54, 1.807) is 30.3 Å². The van der Waals surface area contributed by atoms with Crippen molar-refractivity contribution in [1.29, 1.82) is 0 Å². The van der Waals surface area contributed by atoms with Crippen molar-refractivity contribution in [2.45, 2.75) is 11.8 Å². The van der Waals surface area contributed by atoms with Gasteiger partial charge < -0.3 is 10.5 Å². The second kappa shape index (κ2) is 5.95. The number of nitrogens with two attached hydrogens (primary N) is 1. The van der Waals surface area contributed by atoms with Crippen LogP contribution in [0.2, 0.25) is 0 Å². The highest BCUT2D eigenvalue weighted by molar-refractivity contribution is 9.10. The van der Waals surface area contributed by atoms with Gasteiger partial charge in [-0.1, -0.05) is 6.07 Å². The molecule has 0 radical (unpaired) electrons. The monoisotopic (exact) mass is 370 g/mol. The molecule has 2 aromatic rings. The Hall–Kier alpha value is -1.73. The lowest BCUT2D eigenvalue weighted by Crippen LogP contribution is -2.13. The average Bonchev–Trinajstić information content (AvgIpc) is 2.40. The molecule has 2 rings (SSSR count). The largest absolute Gasteiger partial charge is 0.495 e. The van der Waals surface area contributed by atoms with Crippen LogP contribution in [-0.2, 0) is 10.0 Å². The van der Waals surface area contributed by atoms with Crippen LogP contribution in [0.3, 0.4) is 0 Å². The molecule has 0 atom stereocenters. The second-order valence-corrected chi connectivity index (χ2v) is 7.00. The number of methoxy groups -OCH3 is 1. The normalized spacial score (nSPS) is 11.2. The molecule has 7 heteroatoms. The van der Waals surface area contributed by atoms with E-state index in [2.05, 4.69) is 20.7 Å². The highest BCUT2D eigenvalue weighted by atomic mass is 79.9. The summed E-state index contributed by atoms with van der Waals surface area (Å²) in [7, 11) is -2.22. The first-order valence-electron chi connectivity index (χ1n) is 6.06. The van der Waals surface area contributed by atoms with Crippen molar-refractivity contribution in [2.24, 2.45) is 0 Å². The van der Waals surface area contributed by atoms with Gasteiger partial charge in [0.15, 0.2) is 0 Å². The Bertz CT molecular complexity index is 776. The molecule has 3 N–H and O–H groups in total. The van der Waals surface area contributed by atoms with Crippen LogP contribution in [0.1, 0.15) is 5.56 Å². The fourth-order valence-corrected chi connectivity index (χ4v) is 4.05. The first kappa shape index (κ1) is 15.7. The van der Waals surface area contributed by atoms with Crippen LogP contribution in [0, 0.1) is 6.92 Å². The fourth-order valence-electron chi connectivity index (χ4n) is 1.81. The third kappa shape index (κ3) is 3.48. The van der Waals surface area contributed by atoms with Gasteiger partial charge in [-0.05, 0) is 52.7 Å². The minimum absolute atomic E-state index is 0.170. The van der Waals surface area contributed by atoms with Crippen molar-refractivity contribution in [3.63, 3.8) is 0 Å². The van der Waals surface area contributed by atoms with Gasteiger partial charge in [-0.25, -0.2) is 8.42 Å². The van der Waals surface area contributed by atoms with Crippen LogP contribution in [0.4, 0.5) is 11.4 Å². The summed E-state index contributed by atoms with van der Waals surface area (Å²) in [6, 6.07) is 9.74. The molecule has 2 aromatic carbocycles. The van der Waals surface area contributed by atoms with E-state index in [0.717, 1.165) is 5.56 Å². The molecule has 0 amide bonds. The number of nitrogens with one attached hydrogen (secondary N) is 1. The minimum atomic E-state index is -3.69. The van der Waals surface area contributed by atoms with E-state index in [4.69, 9.17) is 10.5 Å². The number of sulfonamides is 1. The molecule has 112 valence electrons. The van der Waals surface area contributed by atoms with E-state index in [-0.39, 0.29) is 4.90 Å². The predicted molar refractivity (Wildman–Crippen MR) is 87.1 cm³/mol. The Morgan fingerprint density at radius 1 is 1.19 bits per heavy atom.